The summed E-state index contributed by atoms with van der Waals surface area (Å²) in [4.78, 5) is -0.193. The zero-order valence-corrected chi connectivity index (χ0v) is 17.2. The molecular weight excluding hydrogens is 420 g/mol. The molecule has 3 rings (SSSR count). The van der Waals surface area contributed by atoms with Gasteiger partial charge < -0.3 is 14.6 Å². The summed E-state index contributed by atoms with van der Waals surface area (Å²) in [7, 11) is -3.80. The summed E-state index contributed by atoms with van der Waals surface area (Å²) in [5.41, 5.74) is -0.237. The first-order valence-corrected chi connectivity index (χ1v) is 10.7. The van der Waals surface area contributed by atoms with E-state index in [4.69, 9.17) is 9.47 Å². The van der Waals surface area contributed by atoms with E-state index >= 15 is 0 Å². The maximum atomic E-state index is 13.1. The molecule has 26 heavy (non-hydrogen) atoms. The van der Waals surface area contributed by atoms with Gasteiger partial charge in [-0.25, -0.2) is 8.42 Å². The molecule has 0 fully saturated rings. The fourth-order valence-electron chi connectivity index (χ4n) is 2.96. The highest BCUT2D eigenvalue weighted by atomic mass is 79.9. The van der Waals surface area contributed by atoms with Crippen LogP contribution >= 0.6 is 15.9 Å². The Labute approximate surface area is 162 Å². The number of hydrogen-bond donors (Lipinski definition) is 1. The molecule has 140 valence electrons. The molecule has 0 aliphatic carbocycles. The van der Waals surface area contributed by atoms with E-state index < -0.39 is 21.5 Å². The van der Waals surface area contributed by atoms with Crippen LogP contribution in [0.25, 0.3) is 0 Å². The van der Waals surface area contributed by atoms with Crippen molar-refractivity contribution in [2.24, 2.45) is 0 Å². The Morgan fingerprint density at radius 2 is 1.88 bits per heavy atom. The summed E-state index contributed by atoms with van der Waals surface area (Å²) < 4.78 is 37.8. The smallest absolute Gasteiger partial charge is 0.210 e. The number of sulfone groups is 1. The van der Waals surface area contributed by atoms with Gasteiger partial charge in [0.05, 0.1) is 22.4 Å². The van der Waals surface area contributed by atoms with Gasteiger partial charge in [0, 0.05) is 11.6 Å². The maximum absolute atomic E-state index is 13.1. The highest BCUT2D eigenvalue weighted by Crippen LogP contribution is 2.47. The monoisotopic (exact) mass is 440 g/mol. The van der Waals surface area contributed by atoms with Gasteiger partial charge in [-0.15, -0.1) is 0 Å². The van der Waals surface area contributed by atoms with Gasteiger partial charge in [-0.05, 0) is 39.0 Å². The third-order valence-corrected chi connectivity index (χ3v) is 7.75. The SMILES string of the molecule is CCOc1cc2c(cc1S(=O)(=O)c1ccccc1)C(O)C(Br)C(C)(C)O2. The van der Waals surface area contributed by atoms with Crippen molar-refractivity contribution in [1.82, 2.24) is 0 Å². The predicted octanol–water partition coefficient (Wildman–Crippen LogP) is 3.89. The second kappa shape index (κ2) is 6.87. The first kappa shape index (κ1) is 19.2. The molecule has 0 amide bonds. The quantitative estimate of drug-likeness (QED) is 0.729. The van der Waals surface area contributed by atoms with E-state index in [-0.39, 0.29) is 20.4 Å². The first-order valence-electron chi connectivity index (χ1n) is 8.30. The molecule has 1 aliphatic rings. The van der Waals surface area contributed by atoms with Gasteiger partial charge in [0.1, 0.15) is 22.0 Å². The number of aliphatic hydroxyl groups excluding tert-OH is 1. The molecule has 7 heteroatoms. The number of aliphatic hydroxyl groups is 1. The van der Waals surface area contributed by atoms with Crippen LogP contribution in [0.2, 0.25) is 0 Å². The van der Waals surface area contributed by atoms with Crippen molar-refractivity contribution in [3.8, 4) is 11.5 Å². The lowest BCUT2D eigenvalue weighted by molar-refractivity contribution is 0.0220. The number of ether oxygens (including phenoxy) is 2. The molecule has 0 spiro atoms. The molecule has 5 nitrogen and oxygen atoms in total. The van der Waals surface area contributed by atoms with Gasteiger partial charge >= 0.3 is 0 Å². The fraction of sp³-hybridized carbons (Fsp3) is 0.368. The summed E-state index contributed by atoms with van der Waals surface area (Å²) in [5, 5.41) is 10.7. The minimum Gasteiger partial charge on any atom is -0.492 e. The average molecular weight is 441 g/mol. The maximum Gasteiger partial charge on any atom is 0.210 e. The number of rotatable bonds is 4. The number of benzene rings is 2. The number of hydrogen-bond acceptors (Lipinski definition) is 5. The minimum absolute atomic E-state index is 0.0198. The average Bonchev–Trinajstić information content (AvgIpc) is 2.60. The lowest BCUT2D eigenvalue weighted by Gasteiger charge is -2.40. The van der Waals surface area contributed by atoms with Gasteiger partial charge in [-0.2, -0.15) is 0 Å². The van der Waals surface area contributed by atoms with Crippen LogP contribution in [0, 0.1) is 0 Å². The van der Waals surface area contributed by atoms with Crippen molar-refractivity contribution in [1.29, 1.82) is 0 Å². The Bertz CT molecular complexity index is 909. The Balaban J connectivity index is 2.21. The molecule has 0 bridgehead atoms. The Hall–Kier alpha value is -1.57. The van der Waals surface area contributed by atoms with Crippen molar-refractivity contribution in [2.75, 3.05) is 6.61 Å². The van der Waals surface area contributed by atoms with Crippen molar-refractivity contribution >= 4 is 25.8 Å². The van der Waals surface area contributed by atoms with Crippen LogP contribution < -0.4 is 9.47 Å². The van der Waals surface area contributed by atoms with Gasteiger partial charge in [0.25, 0.3) is 0 Å². The van der Waals surface area contributed by atoms with E-state index in [1.165, 1.54) is 18.2 Å². The molecule has 0 saturated heterocycles. The van der Waals surface area contributed by atoms with Crippen LogP contribution in [0.3, 0.4) is 0 Å². The topological polar surface area (TPSA) is 72.8 Å². The van der Waals surface area contributed by atoms with E-state index in [1.54, 1.807) is 31.2 Å². The van der Waals surface area contributed by atoms with Gasteiger partial charge in [-0.3, -0.25) is 0 Å². The second-order valence-electron chi connectivity index (χ2n) is 6.64. The third kappa shape index (κ3) is 3.23. The lowest BCUT2D eigenvalue weighted by atomic mass is 9.91. The summed E-state index contributed by atoms with van der Waals surface area (Å²) in [6.45, 7) is 5.80. The fourth-order valence-corrected chi connectivity index (χ4v) is 4.77. The summed E-state index contributed by atoms with van der Waals surface area (Å²) >= 11 is 3.46. The molecule has 1 heterocycles. The van der Waals surface area contributed by atoms with Gasteiger partial charge in [-0.1, -0.05) is 34.1 Å². The van der Waals surface area contributed by atoms with E-state index in [1.807, 2.05) is 13.8 Å². The summed E-state index contributed by atoms with van der Waals surface area (Å²) in [6.07, 6.45) is -0.908. The number of alkyl halides is 1. The molecule has 0 saturated carbocycles. The Morgan fingerprint density at radius 3 is 2.50 bits per heavy atom. The molecule has 2 unspecified atom stereocenters. The van der Waals surface area contributed by atoms with E-state index in [2.05, 4.69) is 15.9 Å². The first-order chi connectivity index (χ1) is 12.2. The van der Waals surface area contributed by atoms with Gasteiger partial charge in [0.2, 0.25) is 9.84 Å². The second-order valence-corrected chi connectivity index (χ2v) is 9.54. The van der Waals surface area contributed by atoms with Crippen LogP contribution in [-0.2, 0) is 9.84 Å². The van der Waals surface area contributed by atoms with Gasteiger partial charge in [0.15, 0.2) is 0 Å². The molecule has 1 aliphatic heterocycles. The Morgan fingerprint density at radius 1 is 1.23 bits per heavy atom. The molecule has 2 aromatic carbocycles. The van der Waals surface area contributed by atoms with Crippen LogP contribution in [0.5, 0.6) is 11.5 Å². The van der Waals surface area contributed by atoms with E-state index in [0.717, 1.165) is 0 Å². The standard InChI is InChI=1S/C19H21BrO5S/c1-4-24-15-11-14-13(17(21)18(20)19(2,3)25-14)10-16(15)26(22,23)12-8-6-5-7-9-12/h5-11,17-18,21H,4H2,1-3H3. The molecule has 0 aromatic heterocycles. The lowest BCUT2D eigenvalue weighted by Crippen LogP contribution is -2.45. The third-order valence-electron chi connectivity index (χ3n) is 4.35. The van der Waals surface area contributed by atoms with E-state index in [9.17, 15) is 13.5 Å². The van der Waals surface area contributed by atoms with Crippen molar-refractivity contribution < 1.29 is 23.0 Å². The summed E-state index contributed by atoms with van der Waals surface area (Å²) in [6, 6.07) is 11.2. The Kier molecular flexibility index (Phi) is 5.07. The minimum atomic E-state index is -3.80. The molecule has 0 radical (unpaired) electrons. The zero-order valence-electron chi connectivity index (χ0n) is 14.8. The largest absolute Gasteiger partial charge is 0.492 e. The van der Waals surface area contributed by atoms with Crippen LogP contribution in [0.15, 0.2) is 52.3 Å². The van der Waals surface area contributed by atoms with Crippen molar-refractivity contribution in [2.45, 2.75) is 47.1 Å². The normalized spacial score (nSPS) is 21.6. The zero-order chi connectivity index (χ0) is 19.1. The van der Waals surface area contributed by atoms with Crippen molar-refractivity contribution in [3.63, 3.8) is 0 Å². The predicted molar refractivity (Wildman–Crippen MR) is 102 cm³/mol. The van der Waals surface area contributed by atoms with Crippen molar-refractivity contribution in [3.05, 3.63) is 48.0 Å². The molecule has 1 N–H and O–H groups in total. The van der Waals surface area contributed by atoms with Crippen LogP contribution in [0.1, 0.15) is 32.4 Å². The molecular formula is C19H21BrO5S. The summed E-state index contributed by atoms with van der Waals surface area (Å²) in [5.74, 6) is 0.639. The number of halogens is 1. The highest BCUT2D eigenvalue weighted by Gasteiger charge is 2.43. The van der Waals surface area contributed by atoms with Crippen LogP contribution in [0.4, 0.5) is 0 Å². The van der Waals surface area contributed by atoms with Crippen LogP contribution in [-0.4, -0.2) is 30.6 Å². The number of fused-ring (bicyclic) bond motifs is 1. The molecule has 2 aromatic rings. The molecule has 2 atom stereocenters. The van der Waals surface area contributed by atoms with E-state index in [0.29, 0.717) is 17.9 Å². The highest BCUT2D eigenvalue weighted by molar-refractivity contribution is 9.09.